The molecule has 0 bridgehead atoms. The predicted octanol–water partition coefficient (Wildman–Crippen LogP) is 1.81. The van der Waals surface area contributed by atoms with Gasteiger partial charge in [0.15, 0.2) is 0 Å². The minimum atomic E-state index is 0.0496. The molecule has 0 atom stereocenters. The summed E-state index contributed by atoms with van der Waals surface area (Å²) in [5, 5.41) is 12.5. The van der Waals surface area contributed by atoms with Crippen molar-refractivity contribution >= 4 is 5.95 Å². The number of aromatic hydroxyl groups is 1. The Morgan fingerprint density at radius 3 is 3.20 bits per heavy atom. The van der Waals surface area contributed by atoms with Crippen molar-refractivity contribution in [2.24, 2.45) is 0 Å². The molecule has 3 rings (SSSR count). The first kappa shape index (κ1) is 8.35. The van der Waals surface area contributed by atoms with E-state index in [1.165, 1.54) is 11.1 Å². The zero-order valence-corrected chi connectivity index (χ0v) is 8.36. The average molecular weight is 201 g/mol. The number of nitrogens with zero attached hydrogens (tertiary/aromatic N) is 2. The molecule has 1 aromatic heterocycles. The number of hydrogen-bond donors (Lipinski definition) is 2. The SMILES string of the molecule is Cc1cccc2c1-n1cc(O)nc1NC2. The monoisotopic (exact) mass is 201 g/mol. The Balaban J connectivity index is 2.32. The van der Waals surface area contributed by atoms with Crippen molar-refractivity contribution in [1.82, 2.24) is 9.55 Å². The molecule has 1 aliphatic heterocycles. The Kier molecular flexibility index (Phi) is 1.54. The van der Waals surface area contributed by atoms with Crippen LogP contribution in [0.2, 0.25) is 0 Å². The van der Waals surface area contributed by atoms with E-state index in [9.17, 15) is 5.11 Å². The fourth-order valence-corrected chi connectivity index (χ4v) is 2.04. The Bertz CT molecular complexity index is 531. The largest absolute Gasteiger partial charge is 0.492 e. The molecule has 0 unspecified atom stereocenters. The first-order chi connectivity index (χ1) is 7.25. The van der Waals surface area contributed by atoms with E-state index < -0.39 is 0 Å². The van der Waals surface area contributed by atoms with Gasteiger partial charge < -0.3 is 10.4 Å². The van der Waals surface area contributed by atoms with Crippen LogP contribution in [-0.2, 0) is 6.54 Å². The molecule has 1 aromatic carbocycles. The molecule has 0 aliphatic carbocycles. The van der Waals surface area contributed by atoms with Gasteiger partial charge in [-0.3, -0.25) is 4.57 Å². The smallest absolute Gasteiger partial charge is 0.231 e. The van der Waals surface area contributed by atoms with Crippen molar-refractivity contribution in [2.75, 3.05) is 5.32 Å². The van der Waals surface area contributed by atoms with E-state index in [4.69, 9.17) is 0 Å². The highest BCUT2D eigenvalue weighted by atomic mass is 16.3. The van der Waals surface area contributed by atoms with E-state index in [-0.39, 0.29) is 5.88 Å². The van der Waals surface area contributed by atoms with E-state index in [1.54, 1.807) is 6.20 Å². The van der Waals surface area contributed by atoms with Crippen molar-refractivity contribution < 1.29 is 5.11 Å². The molecule has 2 N–H and O–H groups in total. The highest BCUT2D eigenvalue weighted by Gasteiger charge is 2.18. The fourth-order valence-electron chi connectivity index (χ4n) is 2.04. The highest BCUT2D eigenvalue weighted by Crippen LogP contribution is 2.29. The zero-order valence-electron chi connectivity index (χ0n) is 8.36. The quantitative estimate of drug-likeness (QED) is 0.683. The van der Waals surface area contributed by atoms with E-state index in [0.29, 0.717) is 5.95 Å². The summed E-state index contributed by atoms with van der Waals surface area (Å²) >= 11 is 0. The Morgan fingerprint density at radius 2 is 2.33 bits per heavy atom. The van der Waals surface area contributed by atoms with Crippen LogP contribution in [-0.4, -0.2) is 14.7 Å². The van der Waals surface area contributed by atoms with Gasteiger partial charge in [-0.25, -0.2) is 0 Å². The highest BCUT2D eigenvalue weighted by molar-refractivity contribution is 5.57. The van der Waals surface area contributed by atoms with Gasteiger partial charge in [-0.2, -0.15) is 4.98 Å². The number of rotatable bonds is 0. The van der Waals surface area contributed by atoms with Gasteiger partial charge in [0.1, 0.15) is 0 Å². The number of aryl methyl sites for hydroxylation is 1. The molecule has 0 radical (unpaired) electrons. The molecule has 0 fully saturated rings. The summed E-state index contributed by atoms with van der Waals surface area (Å²) in [5.74, 6) is 0.753. The van der Waals surface area contributed by atoms with Crippen molar-refractivity contribution in [2.45, 2.75) is 13.5 Å². The van der Waals surface area contributed by atoms with E-state index in [1.807, 2.05) is 10.6 Å². The van der Waals surface area contributed by atoms with Gasteiger partial charge in [0.05, 0.1) is 11.9 Å². The number of imidazole rings is 1. The summed E-state index contributed by atoms with van der Waals surface area (Å²) in [5.41, 5.74) is 3.53. The second-order valence-electron chi connectivity index (χ2n) is 3.73. The lowest BCUT2D eigenvalue weighted by Gasteiger charge is -2.21. The number of nitrogens with one attached hydrogen (secondary N) is 1. The number of benzene rings is 1. The predicted molar refractivity (Wildman–Crippen MR) is 57.3 cm³/mol. The molecule has 1 aliphatic rings. The molecular weight excluding hydrogens is 190 g/mol. The standard InChI is InChI=1S/C11H11N3O/c1-7-3-2-4-8-5-12-11-13-9(15)6-14(11)10(7)8/h2-4,6,15H,5H2,1H3,(H,12,13). The maximum atomic E-state index is 9.37. The van der Waals surface area contributed by atoms with Crippen LogP contribution in [0.5, 0.6) is 5.88 Å². The molecule has 2 aromatic rings. The molecular formula is C11H11N3O. The Labute approximate surface area is 87.2 Å². The number of aromatic nitrogens is 2. The van der Waals surface area contributed by atoms with E-state index in [2.05, 4.69) is 29.4 Å². The topological polar surface area (TPSA) is 50.1 Å². The van der Waals surface area contributed by atoms with Crippen LogP contribution in [0, 0.1) is 6.92 Å². The lowest BCUT2D eigenvalue weighted by molar-refractivity contribution is 0.456. The third-order valence-electron chi connectivity index (χ3n) is 2.69. The zero-order chi connectivity index (χ0) is 10.4. The van der Waals surface area contributed by atoms with Crippen molar-refractivity contribution in [1.29, 1.82) is 0 Å². The van der Waals surface area contributed by atoms with E-state index in [0.717, 1.165) is 12.2 Å². The van der Waals surface area contributed by atoms with Gasteiger partial charge in [0.2, 0.25) is 11.8 Å². The van der Waals surface area contributed by atoms with Crippen LogP contribution in [0.1, 0.15) is 11.1 Å². The van der Waals surface area contributed by atoms with Gasteiger partial charge in [-0.1, -0.05) is 18.2 Å². The lowest BCUT2D eigenvalue weighted by atomic mass is 10.1. The summed E-state index contributed by atoms with van der Waals surface area (Å²) in [6, 6.07) is 6.18. The normalized spacial score (nSPS) is 12.9. The van der Waals surface area contributed by atoms with E-state index >= 15 is 0 Å². The number of hydrogen-bond acceptors (Lipinski definition) is 3. The van der Waals surface area contributed by atoms with Crippen molar-refractivity contribution in [3.63, 3.8) is 0 Å². The van der Waals surface area contributed by atoms with Crippen LogP contribution in [0.15, 0.2) is 24.4 Å². The van der Waals surface area contributed by atoms with Crippen LogP contribution >= 0.6 is 0 Å². The lowest BCUT2D eigenvalue weighted by Crippen LogP contribution is -2.15. The summed E-state index contributed by atoms with van der Waals surface area (Å²) in [7, 11) is 0. The summed E-state index contributed by atoms with van der Waals surface area (Å²) in [4.78, 5) is 4.00. The van der Waals surface area contributed by atoms with Gasteiger partial charge in [-0.05, 0) is 18.1 Å². The van der Waals surface area contributed by atoms with Crippen LogP contribution in [0.25, 0.3) is 5.69 Å². The van der Waals surface area contributed by atoms with Gasteiger partial charge in [-0.15, -0.1) is 0 Å². The number of fused-ring (bicyclic) bond motifs is 3. The first-order valence-electron chi connectivity index (χ1n) is 4.87. The molecule has 0 spiro atoms. The molecule has 76 valence electrons. The molecule has 0 amide bonds. The van der Waals surface area contributed by atoms with Crippen LogP contribution in [0.4, 0.5) is 5.95 Å². The van der Waals surface area contributed by atoms with Crippen molar-refractivity contribution in [3.05, 3.63) is 35.5 Å². The van der Waals surface area contributed by atoms with Gasteiger partial charge in [0, 0.05) is 6.54 Å². The molecule has 4 heteroatoms. The minimum Gasteiger partial charge on any atom is -0.492 e. The van der Waals surface area contributed by atoms with Crippen molar-refractivity contribution in [3.8, 4) is 11.6 Å². The van der Waals surface area contributed by atoms with Gasteiger partial charge in [0.25, 0.3) is 0 Å². The molecule has 2 heterocycles. The molecule has 0 saturated heterocycles. The molecule has 15 heavy (non-hydrogen) atoms. The van der Waals surface area contributed by atoms with Crippen LogP contribution < -0.4 is 5.32 Å². The fraction of sp³-hybridized carbons (Fsp3) is 0.182. The average Bonchev–Trinajstić information content (AvgIpc) is 2.58. The van der Waals surface area contributed by atoms with Crippen LogP contribution in [0.3, 0.4) is 0 Å². The number of anilines is 1. The maximum absolute atomic E-state index is 9.37. The second-order valence-corrected chi connectivity index (χ2v) is 3.73. The first-order valence-corrected chi connectivity index (χ1v) is 4.87. The summed E-state index contributed by atoms with van der Waals surface area (Å²) < 4.78 is 1.89. The summed E-state index contributed by atoms with van der Waals surface area (Å²) in [6.07, 6.45) is 1.63. The third-order valence-corrected chi connectivity index (χ3v) is 2.69. The Hall–Kier alpha value is -1.97. The minimum absolute atomic E-state index is 0.0496. The second kappa shape index (κ2) is 2.76. The molecule has 4 nitrogen and oxygen atoms in total. The third kappa shape index (κ3) is 1.11. The molecule has 0 saturated carbocycles. The summed E-state index contributed by atoms with van der Waals surface area (Å²) in [6.45, 7) is 2.82. The number of para-hydroxylation sites is 1. The maximum Gasteiger partial charge on any atom is 0.231 e. The Morgan fingerprint density at radius 1 is 1.47 bits per heavy atom. The van der Waals surface area contributed by atoms with Gasteiger partial charge >= 0.3 is 0 Å².